The van der Waals surface area contributed by atoms with E-state index in [-0.39, 0.29) is 31.3 Å². The van der Waals surface area contributed by atoms with E-state index in [9.17, 15) is 9.59 Å². The van der Waals surface area contributed by atoms with Gasteiger partial charge >= 0.3 is 0 Å². The highest BCUT2D eigenvalue weighted by Gasteiger charge is 2.28. The lowest BCUT2D eigenvalue weighted by atomic mass is 10.1. The van der Waals surface area contributed by atoms with Crippen LogP contribution in [0.5, 0.6) is 11.5 Å². The van der Waals surface area contributed by atoms with E-state index in [1.807, 2.05) is 35.7 Å². The van der Waals surface area contributed by atoms with Crippen LogP contribution in [0.1, 0.15) is 30.2 Å². The molecule has 0 spiro atoms. The Bertz CT molecular complexity index is 930. The van der Waals surface area contributed by atoms with Gasteiger partial charge in [-0.15, -0.1) is 22.9 Å². The zero-order valence-corrected chi connectivity index (χ0v) is 19.6. The van der Waals surface area contributed by atoms with Crippen molar-refractivity contribution >= 4 is 34.8 Å². The van der Waals surface area contributed by atoms with Crippen molar-refractivity contribution in [1.29, 1.82) is 0 Å². The van der Waals surface area contributed by atoms with Gasteiger partial charge in [-0.1, -0.05) is 12.1 Å². The molecular formula is C23H27ClN2O5S. The number of carbonyl (C=O) groups excluding carboxylic acids is 2. The average molecular weight is 479 g/mol. The van der Waals surface area contributed by atoms with E-state index in [1.165, 1.54) is 4.90 Å². The van der Waals surface area contributed by atoms with Gasteiger partial charge in [-0.2, -0.15) is 0 Å². The van der Waals surface area contributed by atoms with Gasteiger partial charge in [-0.05, 0) is 48.9 Å². The number of fused-ring (bicyclic) bond motifs is 1. The minimum Gasteiger partial charge on any atom is -0.454 e. The zero-order chi connectivity index (χ0) is 22.5. The van der Waals surface area contributed by atoms with Crippen LogP contribution in [0.15, 0.2) is 35.7 Å². The third-order valence-electron chi connectivity index (χ3n) is 5.52. The molecule has 1 fully saturated rings. The Morgan fingerprint density at radius 1 is 1.19 bits per heavy atom. The second-order valence-corrected chi connectivity index (χ2v) is 9.67. The molecule has 2 aliphatic rings. The SMILES string of the molecule is CC(Cl)C(=O)N(CC(=O)N(Cc1ccc2c(c1)OCO2)Cc1cccs1)CC1CCCO1. The summed E-state index contributed by atoms with van der Waals surface area (Å²) in [5.41, 5.74) is 0.932. The van der Waals surface area contributed by atoms with Crippen LogP contribution in [0, 0.1) is 0 Å². The summed E-state index contributed by atoms with van der Waals surface area (Å²) in [4.78, 5) is 30.5. The molecule has 1 aromatic carbocycles. The van der Waals surface area contributed by atoms with Gasteiger partial charge in [-0.25, -0.2) is 0 Å². The summed E-state index contributed by atoms with van der Waals surface area (Å²) in [5.74, 6) is 0.987. The van der Waals surface area contributed by atoms with Gasteiger partial charge in [-0.3, -0.25) is 9.59 Å². The number of hydrogen-bond acceptors (Lipinski definition) is 6. The highest BCUT2D eigenvalue weighted by atomic mass is 35.5. The third-order valence-corrected chi connectivity index (χ3v) is 6.56. The molecule has 3 heterocycles. The predicted molar refractivity (Wildman–Crippen MR) is 122 cm³/mol. The first-order valence-electron chi connectivity index (χ1n) is 10.7. The standard InChI is InChI=1S/C23H27ClN2O5S/c1-16(24)23(28)26(12-18-4-2-8-29-18)14-22(27)25(13-19-5-3-9-32-19)11-17-6-7-20-21(10-17)31-15-30-20/h3,5-7,9-10,16,18H,2,4,8,11-15H2,1H3. The summed E-state index contributed by atoms with van der Waals surface area (Å²) < 4.78 is 16.6. The smallest absolute Gasteiger partial charge is 0.242 e. The molecule has 32 heavy (non-hydrogen) atoms. The third kappa shape index (κ3) is 5.74. The van der Waals surface area contributed by atoms with E-state index < -0.39 is 5.38 Å². The van der Waals surface area contributed by atoms with Crippen LogP contribution < -0.4 is 9.47 Å². The normalized spacial score (nSPS) is 17.9. The van der Waals surface area contributed by atoms with Crippen LogP contribution in [-0.2, 0) is 27.4 Å². The van der Waals surface area contributed by atoms with Gasteiger partial charge in [0.15, 0.2) is 11.5 Å². The molecule has 0 radical (unpaired) electrons. The highest BCUT2D eigenvalue weighted by Crippen LogP contribution is 2.33. The molecule has 2 atom stereocenters. The van der Waals surface area contributed by atoms with Crippen molar-refractivity contribution in [1.82, 2.24) is 9.80 Å². The monoisotopic (exact) mass is 478 g/mol. The van der Waals surface area contributed by atoms with E-state index in [0.717, 1.165) is 23.3 Å². The molecule has 0 aliphatic carbocycles. The molecule has 7 nitrogen and oxygen atoms in total. The van der Waals surface area contributed by atoms with Crippen LogP contribution in [-0.4, -0.2) is 59.6 Å². The highest BCUT2D eigenvalue weighted by molar-refractivity contribution is 7.09. The summed E-state index contributed by atoms with van der Waals surface area (Å²) in [6, 6.07) is 9.64. The first kappa shape index (κ1) is 22.9. The Kier molecular flexibility index (Phi) is 7.55. The average Bonchev–Trinajstić information content (AvgIpc) is 3.54. The second-order valence-electron chi connectivity index (χ2n) is 7.99. The van der Waals surface area contributed by atoms with Gasteiger partial charge in [0.25, 0.3) is 0 Å². The molecular weight excluding hydrogens is 452 g/mol. The summed E-state index contributed by atoms with van der Waals surface area (Å²) in [6.07, 6.45) is 1.79. The number of thiophene rings is 1. The minimum absolute atomic E-state index is 0.0360. The molecule has 0 bridgehead atoms. The van der Waals surface area contributed by atoms with Crippen molar-refractivity contribution in [3.63, 3.8) is 0 Å². The molecule has 1 saturated heterocycles. The van der Waals surface area contributed by atoms with E-state index >= 15 is 0 Å². The molecule has 0 N–H and O–H groups in total. The summed E-state index contributed by atoms with van der Waals surface area (Å²) in [6.45, 7) is 3.71. The molecule has 172 valence electrons. The Balaban J connectivity index is 1.50. The number of alkyl halides is 1. The fourth-order valence-electron chi connectivity index (χ4n) is 3.86. The van der Waals surface area contributed by atoms with Crippen LogP contribution in [0.25, 0.3) is 0 Å². The zero-order valence-electron chi connectivity index (χ0n) is 18.0. The molecule has 1 aromatic heterocycles. The Morgan fingerprint density at radius 2 is 2.03 bits per heavy atom. The van der Waals surface area contributed by atoms with Gasteiger partial charge in [0.2, 0.25) is 18.6 Å². The van der Waals surface area contributed by atoms with Crippen molar-refractivity contribution in [3.05, 3.63) is 46.2 Å². The van der Waals surface area contributed by atoms with E-state index in [1.54, 1.807) is 23.2 Å². The Hall–Kier alpha value is -2.29. The van der Waals surface area contributed by atoms with Crippen molar-refractivity contribution in [3.8, 4) is 11.5 Å². The fourth-order valence-corrected chi connectivity index (χ4v) is 4.72. The van der Waals surface area contributed by atoms with Crippen LogP contribution in [0.3, 0.4) is 0 Å². The lowest BCUT2D eigenvalue weighted by molar-refractivity contribution is -0.142. The molecule has 2 unspecified atom stereocenters. The number of hydrogen-bond donors (Lipinski definition) is 0. The first-order valence-corrected chi connectivity index (χ1v) is 12.0. The van der Waals surface area contributed by atoms with Crippen LogP contribution >= 0.6 is 22.9 Å². The minimum atomic E-state index is -0.705. The lowest BCUT2D eigenvalue weighted by Crippen LogP contribution is -2.47. The molecule has 2 amide bonds. The topological polar surface area (TPSA) is 68.3 Å². The predicted octanol–water partition coefficient (Wildman–Crippen LogP) is 3.64. The number of rotatable bonds is 9. The van der Waals surface area contributed by atoms with Crippen LogP contribution in [0.2, 0.25) is 0 Å². The largest absolute Gasteiger partial charge is 0.454 e. The Morgan fingerprint density at radius 3 is 2.75 bits per heavy atom. The number of carbonyl (C=O) groups is 2. The molecule has 9 heteroatoms. The van der Waals surface area contributed by atoms with Crippen molar-refractivity contribution in [2.45, 2.75) is 44.3 Å². The molecule has 2 aliphatic heterocycles. The molecule has 4 rings (SSSR count). The van der Waals surface area contributed by atoms with E-state index in [2.05, 4.69) is 0 Å². The summed E-state index contributed by atoms with van der Waals surface area (Å²) in [5, 5.41) is 1.28. The summed E-state index contributed by atoms with van der Waals surface area (Å²) >= 11 is 7.68. The van der Waals surface area contributed by atoms with Gasteiger partial charge in [0, 0.05) is 24.6 Å². The maximum absolute atomic E-state index is 13.4. The maximum Gasteiger partial charge on any atom is 0.242 e. The van der Waals surface area contributed by atoms with Gasteiger partial charge in [0.05, 0.1) is 19.2 Å². The van der Waals surface area contributed by atoms with Crippen molar-refractivity contribution in [2.75, 3.05) is 26.5 Å². The fraction of sp³-hybridized carbons (Fsp3) is 0.478. The quantitative estimate of drug-likeness (QED) is 0.515. The van der Waals surface area contributed by atoms with Crippen LogP contribution in [0.4, 0.5) is 0 Å². The summed E-state index contributed by atoms with van der Waals surface area (Å²) in [7, 11) is 0. The molecule has 0 saturated carbocycles. The number of benzene rings is 1. The lowest BCUT2D eigenvalue weighted by Gasteiger charge is -2.29. The maximum atomic E-state index is 13.4. The molecule has 2 aromatic rings. The van der Waals surface area contributed by atoms with Gasteiger partial charge in [0.1, 0.15) is 5.38 Å². The second kappa shape index (κ2) is 10.6. The van der Waals surface area contributed by atoms with E-state index in [4.69, 9.17) is 25.8 Å². The van der Waals surface area contributed by atoms with Crippen molar-refractivity contribution in [2.24, 2.45) is 0 Å². The first-order chi connectivity index (χ1) is 15.5. The van der Waals surface area contributed by atoms with Crippen molar-refractivity contribution < 1.29 is 23.8 Å². The number of halogens is 1. The number of amides is 2. The Labute approximate surface area is 196 Å². The number of nitrogens with zero attached hydrogens (tertiary/aromatic N) is 2. The van der Waals surface area contributed by atoms with Gasteiger partial charge < -0.3 is 24.0 Å². The number of ether oxygens (including phenoxy) is 3. The van der Waals surface area contributed by atoms with E-state index in [0.29, 0.717) is 37.7 Å².